The first kappa shape index (κ1) is 6.99. The molecule has 0 aromatic carbocycles. The van der Waals surface area contributed by atoms with Crippen LogP contribution < -0.4 is 0 Å². The summed E-state index contributed by atoms with van der Waals surface area (Å²) < 4.78 is 0.962. The average molecular weight is 234 g/mol. The molecule has 0 aromatic heterocycles. The SMILES string of the molecule is ClC/C(Br)=C/Br. The highest BCUT2D eigenvalue weighted by atomic mass is 79.9. The molecule has 0 aliphatic rings. The maximum absolute atomic E-state index is 5.31. The Balaban J connectivity index is 3.22. The van der Waals surface area contributed by atoms with Gasteiger partial charge in [0.25, 0.3) is 0 Å². The smallest absolute Gasteiger partial charge is 0.0545 e. The van der Waals surface area contributed by atoms with Gasteiger partial charge in [-0.25, -0.2) is 0 Å². The van der Waals surface area contributed by atoms with E-state index < -0.39 is 0 Å². The fourth-order valence-electron chi connectivity index (χ4n) is 0.0292. The third kappa shape index (κ3) is 3.19. The van der Waals surface area contributed by atoms with Crippen LogP contribution in [0.25, 0.3) is 0 Å². The lowest BCUT2D eigenvalue weighted by Gasteiger charge is -1.78. The first-order valence-electron chi connectivity index (χ1n) is 1.32. The molecule has 36 valence electrons. The summed E-state index contributed by atoms with van der Waals surface area (Å²) in [6.07, 6.45) is 0. The van der Waals surface area contributed by atoms with E-state index in [0.717, 1.165) is 4.48 Å². The summed E-state index contributed by atoms with van der Waals surface area (Å²) in [5.74, 6) is 0.533. The molecule has 0 unspecified atom stereocenters. The van der Waals surface area contributed by atoms with Crippen molar-refractivity contribution in [1.29, 1.82) is 0 Å². The zero-order chi connectivity index (χ0) is 4.99. The quantitative estimate of drug-likeness (QED) is 0.612. The molecule has 3 heteroatoms. The van der Waals surface area contributed by atoms with Gasteiger partial charge < -0.3 is 0 Å². The molecule has 0 atom stereocenters. The Morgan fingerprint density at radius 1 is 1.83 bits per heavy atom. The van der Waals surface area contributed by atoms with Crippen molar-refractivity contribution in [1.82, 2.24) is 0 Å². The minimum atomic E-state index is 0.533. The van der Waals surface area contributed by atoms with Gasteiger partial charge in [0.2, 0.25) is 0 Å². The van der Waals surface area contributed by atoms with Gasteiger partial charge in [0.1, 0.15) is 0 Å². The van der Waals surface area contributed by atoms with Gasteiger partial charge in [0.15, 0.2) is 0 Å². The van der Waals surface area contributed by atoms with E-state index in [-0.39, 0.29) is 0 Å². The molecule has 0 aliphatic carbocycles. The first-order chi connectivity index (χ1) is 2.81. The predicted octanol–water partition coefficient (Wildman–Crippen LogP) is 2.86. The van der Waals surface area contributed by atoms with Crippen LogP contribution in [0.2, 0.25) is 0 Å². The van der Waals surface area contributed by atoms with Crippen molar-refractivity contribution in [2.24, 2.45) is 0 Å². The van der Waals surface area contributed by atoms with Gasteiger partial charge in [0, 0.05) is 4.48 Å². The summed E-state index contributed by atoms with van der Waals surface area (Å²) in [7, 11) is 0. The molecular weight excluding hydrogens is 231 g/mol. The fourth-order valence-corrected chi connectivity index (χ4v) is 0.455. The van der Waals surface area contributed by atoms with E-state index in [0.29, 0.717) is 5.88 Å². The highest BCUT2D eigenvalue weighted by Crippen LogP contribution is 2.07. The van der Waals surface area contributed by atoms with Crippen LogP contribution in [0.3, 0.4) is 0 Å². The van der Waals surface area contributed by atoms with E-state index in [4.69, 9.17) is 11.6 Å². The maximum atomic E-state index is 5.31. The molecule has 0 radical (unpaired) electrons. The summed E-state index contributed by atoms with van der Waals surface area (Å²) in [6, 6.07) is 0. The number of allylic oxidation sites excluding steroid dienone is 1. The van der Waals surface area contributed by atoms with Gasteiger partial charge in [-0.15, -0.1) is 11.6 Å². The molecule has 0 N–H and O–H groups in total. The van der Waals surface area contributed by atoms with Gasteiger partial charge in [-0.2, -0.15) is 0 Å². The van der Waals surface area contributed by atoms with E-state index in [1.165, 1.54) is 0 Å². The van der Waals surface area contributed by atoms with Gasteiger partial charge >= 0.3 is 0 Å². The van der Waals surface area contributed by atoms with E-state index in [9.17, 15) is 0 Å². The molecule has 0 aromatic rings. The van der Waals surface area contributed by atoms with Crippen LogP contribution in [-0.2, 0) is 0 Å². The molecule has 0 amide bonds. The average Bonchev–Trinajstić information content (AvgIpc) is 1.65. The molecule has 0 spiro atoms. The Morgan fingerprint density at radius 3 is 2.33 bits per heavy atom. The third-order valence-corrected chi connectivity index (χ3v) is 2.53. The standard InChI is InChI=1S/C3H3Br2Cl/c4-1-3(5)2-6/h1H,2H2/b3-1-. The van der Waals surface area contributed by atoms with Crippen LogP contribution in [-0.4, -0.2) is 5.88 Å². The van der Waals surface area contributed by atoms with Crippen molar-refractivity contribution >= 4 is 43.5 Å². The Morgan fingerprint density at radius 2 is 2.33 bits per heavy atom. The second-order valence-corrected chi connectivity index (χ2v) is 2.43. The number of hydrogen-bond acceptors (Lipinski definition) is 0. The second kappa shape index (κ2) is 4.16. The summed E-state index contributed by atoms with van der Waals surface area (Å²) in [5.41, 5.74) is 0. The molecule has 0 saturated carbocycles. The molecule has 0 bridgehead atoms. The van der Waals surface area contributed by atoms with E-state index >= 15 is 0 Å². The number of alkyl halides is 1. The van der Waals surface area contributed by atoms with Crippen molar-refractivity contribution < 1.29 is 0 Å². The molecule has 0 heterocycles. The van der Waals surface area contributed by atoms with Crippen LogP contribution in [0.1, 0.15) is 0 Å². The molecular formula is C3H3Br2Cl. The molecule has 6 heavy (non-hydrogen) atoms. The Bertz CT molecular complexity index is 59.8. The van der Waals surface area contributed by atoms with Crippen molar-refractivity contribution in [3.8, 4) is 0 Å². The Hall–Kier alpha value is 0.990. The van der Waals surface area contributed by atoms with Crippen LogP contribution >= 0.6 is 43.5 Å². The summed E-state index contributed by atoms with van der Waals surface area (Å²) in [6.45, 7) is 0. The van der Waals surface area contributed by atoms with E-state index in [2.05, 4.69) is 31.9 Å². The van der Waals surface area contributed by atoms with Gasteiger partial charge in [-0.05, 0) is 4.99 Å². The summed E-state index contributed by atoms with van der Waals surface area (Å²) in [4.78, 5) is 1.74. The van der Waals surface area contributed by atoms with Gasteiger partial charge in [-0.1, -0.05) is 31.9 Å². The molecule has 0 rings (SSSR count). The second-order valence-electron chi connectivity index (χ2n) is 0.690. The highest BCUT2D eigenvalue weighted by molar-refractivity contribution is 9.14. The minimum Gasteiger partial charge on any atom is -0.121 e. The monoisotopic (exact) mass is 232 g/mol. The lowest BCUT2D eigenvalue weighted by molar-refractivity contribution is 1.75. The largest absolute Gasteiger partial charge is 0.121 e. The van der Waals surface area contributed by atoms with E-state index in [1.54, 1.807) is 4.99 Å². The van der Waals surface area contributed by atoms with Crippen LogP contribution in [0, 0.1) is 0 Å². The lowest BCUT2D eigenvalue weighted by atomic mass is 10.8. The summed E-state index contributed by atoms with van der Waals surface area (Å²) in [5, 5.41) is 0. The highest BCUT2D eigenvalue weighted by Gasteiger charge is 1.79. The molecule has 0 fully saturated rings. The van der Waals surface area contributed by atoms with Crippen LogP contribution in [0.15, 0.2) is 9.47 Å². The summed E-state index contributed by atoms with van der Waals surface area (Å²) >= 11 is 11.5. The number of rotatable bonds is 1. The van der Waals surface area contributed by atoms with Crippen molar-refractivity contribution in [3.63, 3.8) is 0 Å². The van der Waals surface area contributed by atoms with Crippen LogP contribution in [0.5, 0.6) is 0 Å². The predicted molar refractivity (Wildman–Crippen MR) is 36.7 cm³/mol. The maximum Gasteiger partial charge on any atom is 0.0545 e. The normalized spacial score (nSPS) is 12.2. The lowest BCUT2D eigenvalue weighted by Crippen LogP contribution is -1.62. The van der Waals surface area contributed by atoms with Gasteiger partial charge in [-0.3, -0.25) is 0 Å². The fraction of sp³-hybridized carbons (Fsp3) is 0.333. The molecule has 0 nitrogen and oxygen atoms in total. The van der Waals surface area contributed by atoms with Crippen molar-refractivity contribution in [3.05, 3.63) is 9.47 Å². The Kier molecular flexibility index (Phi) is 4.84. The zero-order valence-corrected chi connectivity index (χ0v) is 6.85. The molecule has 0 aliphatic heterocycles. The topological polar surface area (TPSA) is 0 Å². The van der Waals surface area contributed by atoms with E-state index in [1.807, 2.05) is 0 Å². The van der Waals surface area contributed by atoms with Crippen molar-refractivity contribution in [2.45, 2.75) is 0 Å². The zero-order valence-electron chi connectivity index (χ0n) is 2.92. The third-order valence-electron chi connectivity index (χ3n) is 0.246. The van der Waals surface area contributed by atoms with Gasteiger partial charge in [0.05, 0.1) is 5.88 Å². The number of hydrogen-bond donors (Lipinski definition) is 0. The van der Waals surface area contributed by atoms with Crippen LogP contribution in [0.4, 0.5) is 0 Å². The minimum absolute atomic E-state index is 0.533. The van der Waals surface area contributed by atoms with Crippen molar-refractivity contribution in [2.75, 3.05) is 5.88 Å². The Labute approximate surface area is 58.8 Å². The molecule has 0 saturated heterocycles. The first-order valence-corrected chi connectivity index (χ1v) is 3.56. The number of halogens is 3.